The number of hydrogen-bond acceptors (Lipinski definition) is 5. The number of thiazole rings is 1. The molecule has 0 atom stereocenters. The summed E-state index contributed by atoms with van der Waals surface area (Å²) in [4.78, 5) is 28.4. The Balaban J connectivity index is 2.06. The molecule has 0 radical (unpaired) electrons. The Morgan fingerprint density at radius 3 is 2.74 bits per heavy atom. The maximum atomic E-state index is 12.1. The minimum Gasteiger partial charge on any atom is -0.462 e. The summed E-state index contributed by atoms with van der Waals surface area (Å²) in [6.45, 7) is 3.70. The normalized spacial score (nSPS) is 10.4. The van der Waals surface area contributed by atoms with Gasteiger partial charge in [-0.15, -0.1) is 0 Å². The Hall–Kier alpha value is -1.63. The highest BCUT2D eigenvalue weighted by molar-refractivity contribution is 7.17. The van der Waals surface area contributed by atoms with Crippen molar-refractivity contribution in [2.45, 2.75) is 20.3 Å². The fourth-order valence-corrected chi connectivity index (χ4v) is 3.19. The molecule has 0 aliphatic carbocycles. The van der Waals surface area contributed by atoms with E-state index in [9.17, 15) is 9.59 Å². The molecule has 1 amide bonds. The zero-order valence-electron chi connectivity index (χ0n) is 12.5. The number of carbonyl (C=O) groups is 2. The van der Waals surface area contributed by atoms with Crippen molar-refractivity contribution in [2.75, 3.05) is 11.9 Å². The van der Waals surface area contributed by atoms with Crippen LogP contribution in [-0.2, 0) is 16.0 Å². The lowest BCUT2D eigenvalue weighted by molar-refractivity contribution is -0.115. The van der Waals surface area contributed by atoms with E-state index in [0.717, 1.165) is 11.3 Å². The first-order chi connectivity index (χ1) is 10.9. The third-order valence-corrected chi connectivity index (χ3v) is 4.51. The number of hydrogen-bond donors (Lipinski definition) is 1. The molecule has 0 spiro atoms. The van der Waals surface area contributed by atoms with Gasteiger partial charge in [-0.05, 0) is 31.5 Å². The van der Waals surface area contributed by atoms with Crippen molar-refractivity contribution in [3.63, 3.8) is 0 Å². The molecule has 0 aliphatic heterocycles. The maximum absolute atomic E-state index is 12.1. The van der Waals surface area contributed by atoms with E-state index in [1.54, 1.807) is 32.0 Å². The molecule has 0 aliphatic rings. The van der Waals surface area contributed by atoms with Crippen LogP contribution in [0.4, 0.5) is 5.13 Å². The Morgan fingerprint density at radius 1 is 1.35 bits per heavy atom. The zero-order chi connectivity index (χ0) is 17.0. The highest BCUT2D eigenvalue weighted by atomic mass is 35.5. The third kappa shape index (κ3) is 4.67. The number of ether oxygens (including phenoxy) is 1. The number of nitrogens with one attached hydrogen (secondary N) is 1. The topological polar surface area (TPSA) is 68.3 Å². The molecule has 0 fully saturated rings. The summed E-state index contributed by atoms with van der Waals surface area (Å²) in [6, 6.07) is 4.95. The molecule has 0 saturated carbocycles. The quantitative estimate of drug-likeness (QED) is 0.801. The van der Waals surface area contributed by atoms with E-state index >= 15 is 0 Å². The molecule has 8 heteroatoms. The highest BCUT2D eigenvalue weighted by Gasteiger charge is 2.18. The maximum Gasteiger partial charge on any atom is 0.350 e. The molecular weight excluding hydrogens is 359 g/mol. The van der Waals surface area contributed by atoms with Gasteiger partial charge in [-0.3, -0.25) is 4.79 Å². The van der Waals surface area contributed by atoms with Crippen LogP contribution in [-0.4, -0.2) is 23.5 Å². The molecule has 5 nitrogen and oxygen atoms in total. The first kappa shape index (κ1) is 17.7. The standard InChI is InChI=1S/C15H14Cl2N2O3S/c1-3-22-14(21)13-8(2)18-15(23-13)19-12(20)6-9-4-5-10(16)7-11(9)17/h4-5,7H,3,6H2,1-2H3,(H,18,19,20). The molecule has 23 heavy (non-hydrogen) atoms. The van der Waals surface area contributed by atoms with Crippen LogP contribution in [0.5, 0.6) is 0 Å². The Labute approximate surface area is 147 Å². The van der Waals surface area contributed by atoms with Gasteiger partial charge >= 0.3 is 5.97 Å². The number of esters is 1. The fraction of sp³-hybridized carbons (Fsp3) is 0.267. The van der Waals surface area contributed by atoms with Crippen LogP contribution in [0.15, 0.2) is 18.2 Å². The predicted octanol–water partition coefficient (Wildman–Crippen LogP) is 4.12. The number of nitrogens with zero attached hydrogens (tertiary/aromatic N) is 1. The molecule has 0 bridgehead atoms. The second-order valence-corrected chi connectivity index (χ2v) is 6.46. The summed E-state index contributed by atoms with van der Waals surface area (Å²) in [7, 11) is 0. The van der Waals surface area contributed by atoms with Crippen molar-refractivity contribution in [3.8, 4) is 0 Å². The number of benzene rings is 1. The van der Waals surface area contributed by atoms with Crippen LogP contribution in [0.1, 0.15) is 27.9 Å². The summed E-state index contributed by atoms with van der Waals surface area (Å²) in [5.74, 6) is -0.720. The first-order valence-corrected chi connectivity index (χ1v) is 8.36. The molecule has 1 aromatic carbocycles. The summed E-state index contributed by atoms with van der Waals surface area (Å²) in [6.07, 6.45) is 0.0867. The number of amides is 1. The van der Waals surface area contributed by atoms with Crippen molar-refractivity contribution in [1.29, 1.82) is 0 Å². The number of anilines is 1. The fourth-order valence-electron chi connectivity index (χ4n) is 1.84. The molecule has 1 N–H and O–H groups in total. The van der Waals surface area contributed by atoms with Gasteiger partial charge in [-0.2, -0.15) is 0 Å². The first-order valence-electron chi connectivity index (χ1n) is 6.79. The highest BCUT2D eigenvalue weighted by Crippen LogP contribution is 2.25. The van der Waals surface area contributed by atoms with Crippen molar-refractivity contribution >= 4 is 51.5 Å². The van der Waals surface area contributed by atoms with E-state index in [1.807, 2.05) is 0 Å². The Morgan fingerprint density at radius 2 is 2.09 bits per heavy atom. The molecule has 0 unspecified atom stereocenters. The van der Waals surface area contributed by atoms with Crippen LogP contribution in [0, 0.1) is 6.92 Å². The Bertz CT molecular complexity index is 746. The molecular formula is C15H14Cl2N2O3S. The monoisotopic (exact) mass is 372 g/mol. The minimum atomic E-state index is -0.441. The van der Waals surface area contributed by atoms with Gasteiger partial charge in [0.05, 0.1) is 18.7 Å². The van der Waals surface area contributed by atoms with E-state index in [4.69, 9.17) is 27.9 Å². The van der Waals surface area contributed by atoms with Crippen molar-refractivity contribution in [2.24, 2.45) is 0 Å². The zero-order valence-corrected chi connectivity index (χ0v) is 14.8. The van der Waals surface area contributed by atoms with Gasteiger partial charge in [-0.1, -0.05) is 40.6 Å². The lowest BCUT2D eigenvalue weighted by Crippen LogP contribution is -2.14. The smallest absolute Gasteiger partial charge is 0.350 e. The summed E-state index contributed by atoms with van der Waals surface area (Å²) in [5, 5.41) is 3.94. The lowest BCUT2D eigenvalue weighted by atomic mass is 10.1. The van der Waals surface area contributed by atoms with Crippen LogP contribution in [0.3, 0.4) is 0 Å². The second kappa shape index (κ2) is 7.77. The molecule has 2 aromatic rings. The van der Waals surface area contributed by atoms with Crippen molar-refractivity contribution in [3.05, 3.63) is 44.4 Å². The average Bonchev–Trinajstić information content (AvgIpc) is 2.83. The lowest BCUT2D eigenvalue weighted by Gasteiger charge is -2.04. The number of aryl methyl sites for hydroxylation is 1. The number of aromatic nitrogens is 1. The summed E-state index contributed by atoms with van der Waals surface area (Å²) >= 11 is 12.9. The molecule has 122 valence electrons. The molecule has 0 saturated heterocycles. The van der Waals surface area contributed by atoms with Crippen molar-refractivity contribution in [1.82, 2.24) is 4.98 Å². The number of halogens is 2. The van der Waals surface area contributed by atoms with Gasteiger partial charge in [-0.25, -0.2) is 9.78 Å². The van der Waals surface area contributed by atoms with Crippen LogP contribution in [0.25, 0.3) is 0 Å². The SMILES string of the molecule is CCOC(=O)c1sc(NC(=O)Cc2ccc(Cl)cc2Cl)nc1C. The summed E-state index contributed by atoms with van der Waals surface area (Å²) < 4.78 is 4.94. The Kier molecular flexibility index (Phi) is 5.98. The van der Waals surface area contributed by atoms with Crippen LogP contribution in [0.2, 0.25) is 10.0 Å². The van der Waals surface area contributed by atoms with Gasteiger partial charge in [0.25, 0.3) is 0 Å². The van der Waals surface area contributed by atoms with Gasteiger partial charge in [0.1, 0.15) is 4.88 Å². The summed E-state index contributed by atoms with van der Waals surface area (Å²) in [5.41, 5.74) is 1.18. The van der Waals surface area contributed by atoms with E-state index in [2.05, 4.69) is 10.3 Å². The third-order valence-electron chi connectivity index (χ3n) is 2.87. The molecule has 2 rings (SSSR count). The predicted molar refractivity (Wildman–Crippen MR) is 91.6 cm³/mol. The molecule has 1 heterocycles. The van der Waals surface area contributed by atoms with Gasteiger partial charge in [0, 0.05) is 10.0 Å². The van der Waals surface area contributed by atoms with E-state index in [0.29, 0.717) is 31.3 Å². The van der Waals surface area contributed by atoms with Gasteiger partial charge < -0.3 is 10.1 Å². The van der Waals surface area contributed by atoms with Gasteiger partial charge in [0.2, 0.25) is 5.91 Å². The van der Waals surface area contributed by atoms with Crippen molar-refractivity contribution < 1.29 is 14.3 Å². The van der Waals surface area contributed by atoms with Crippen LogP contribution < -0.4 is 5.32 Å². The van der Waals surface area contributed by atoms with Gasteiger partial charge in [0.15, 0.2) is 5.13 Å². The van der Waals surface area contributed by atoms with E-state index < -0.39 is 5.97 Å². The van der Waals surface area contributed by atoms with E-state index in [1.165, 1.54) is 0 Å². The minimum absolute atomic E-state index is 0.0867. The largest absolute Gasteiger partial charge is 0.462 e. The average molecular weight is 373 g/mol. The number of rotatable bonds is 5. The number of carbonyl (C=O) groups excluding carboxylic acids is 2. The second-order valence-electron chi connectivity index (χ2n) is 4.61. The van der Waals surface area contributed by atoms with Crippen LogP contribution >= 0.6 is 34.5 Å². The molecule has 1 aromatic heterocycles. The van der Waals surface area contributed by atoms with E-state index in [-0.39, 0.29) is 18.9 Å².